The Balaban J connectivity index is 1.37. The molecule has 0 bridgehead atoms. The number of nitrogens with one attached hydrogen (secondary N) is 2. The molecular formula is C31H32N4O3S. The van der Waals surface area contributed by atoms with Crippen molar-refractivity contribution in [3.8, 4) is 22.4 Å². The zero-order valence-electron chi connectivity index (χ0n) is 22.4. The fourth-order valence-electron chi connectivity index (χ4n) is 4.35. The van der Waals surface area contributed by atoms with Gasteiger partial charge in [-0.2, -0.15) is 0 Å². The van der Waals surface area contributed by atoms with Gasteiger partial charge in [0, 0.05) is 28.9 Å². The molecule has 1 unspecified atom stereocenters. The molecule has 4 rings (SSSR count). The molecule has 39 heavy (non-hydrogen) atoms. The minimum absolute atomic E-state index is 0.0693. The van der Waals surface area contributed by atoms with Gasteiger partial charge in [0.05, 0.1) is 17.7 Å². The fraction of sp³-hybridized carbons (Fsp3) is 0.258. The number of hydrogen-bond acceptors (Lipinski definition) is 6. The number of thiazole rings is 1. The van der Waals surface area contributed by atoms with Gasteiger partial charge in [0.2, 0.25) is 5.91 Å². The van der Waals surface area contributed by atoms with Crippen LogP contribution >= 0.6 is 11.3 Å². The number of hydrogen-bond donors (Lipinski definition) is 2. The van der Waals surface area contributed by atoms with Gasteiger partial charge < -0.3 is 10.6 Å². The number of anilines is 1. The number of unbranched alkanes of at least 4 members (excludes halogenated alkanes) is 1. The molecule has 0 fully saturated rings. The third-order valence-electron chi connectivity index (χ3n) is 6.90. The van der Waals surface area contributed by atoms with E-state index < -0.39 is 5.41 Å². The topological polar surface area (TPSA) is 101 Å². The number of benzene rings is 2. The van der Waals surface area contributed by atoms with Crippen molar-refractivity contribution >= 4 is 34.1 Å². The van der Waals surface area contributed by atoms with E-state index in [1.54, 1.807) is 37.5 Å². The minimum atomic E-state index is -0.649. The summed E-state index contributed by atoms with van der Waals surface area (Å²) in [5, 5.41) is 7.77. The first kappa shape index (κ1) is 27.9. The van der Waals surface area contributed by atoms with E-state index in [0.717, 1.165) is 47.2 Å². The van der Waals surface area contributed by atoms with E-state index in [9.17, 15) is 14.4 Å². The van der Waals surface area contributed by atoms with Gasteiger partial charge in [-0.3, -0.25) is 19.4 Å². The summed E-state index contributed by atoms with van der Waals surface area (Å²) in [6.07, 6.45) is 6.13. The second-order valence-corrected chi connectivity index (χ2v) is 10.5. The lowest BCUT2D eigenvalue weighted by atomic mass is 9.75. The van der Waals surface area contributed by atoms with E-state index >= 15 is 0 Å². The summed E-state index contributed by atoms with van der Waals surface area (Å²) in [5.74, 6) is -0.677. The van der Waals surface area contributed by atoms with Gasteiger partial charge in [-0.05, 0) is 67.3 Å². The van der Waals surface area contributed by atoms with Crippen molar-refractivity contribution in [3.05, 3.63) is 89.6 Å². The minimum Gasteiger partial charge on any atom is -0.343 e. The van der Waals surface area contributed by atoms with Gasteiger partial charge in [0.25, 0.3) is 5.91 Å². The van der Waals surface area contributed by atoms with Crippen LogP contribution in [-0.2, 0) is 15.0 Å². The number of ketones is 1. The van der Waals surface area contributed by atoms with Gasteiger partial charge in [0.1, 0.15) is 5.78 Å². The molecule has 1 atom stereocenters. The molecule has 2 amide bonds. The predicted octanol–water partition coefficient (Wildman–Crippen LogP) is 6.28. The molecule has 0 aliphatic heterocycles. The average Bonchev–Trinajstić information content (AvgIpc) is 3.43. The Bertz CT molecular complexity index is 1470. The molecule has 0 spiro atoms. The second kappa shape index (κ2) is 12.6. The molecule has 0 aliphatic carbocycles. The summed E-state index contributed by atoms with van der Waals surface area (Å²) in [6, 6.07) is 19.0. The molecule has 0 radical (unpaired) electrons. The molecule has 0 aliphatic rings. The first-order valence-electron chi connectivity index (χ1n) is 13.0. The second-order valence-electron chi connectivity index (χ2n) is 9.66. The van der Waals surface area contributed by atoms with Crippen LogP contribution in [0.2, 0.25) is 0 Å². The average molecular weight is 541 g/mol. The van der Waals surface area contributed by atoms with E-state index in [1.165, 1.54) is 11.3 Å². The SMILES string of the molecule is CCCCC(C)(C(C)=O)c1cccc(C(=O)NCC(=O)Nc2nc(-c3cccc(-c4ccncc4)c3)cs2)c1. The van der Waals surface area contributed by atoms with Crippen molar-refractivity contribution in [3.63, 3.8) is 0 Å². The molecule has 0 saturated carbocycles. The zero-order chi connectivity index (χ0) is 27.8. The number of carbonyl (C=O) groups is 3. The molecule has 2 aromatic heterocycles. The highest BCUT2D eigenvalue weighted by Crippen LogP contribution is 2.32. The third kappa shape index (κ3) is 6.83. The summed E-state index contributed by atoms with van der Waals surface area (Å²) < 4.78 is 0. The van der Waals surface area contributed by atoms with Crippen LogP contribution in [0, 0.1) is 0 Å². The Morgan fingerprint density at radius 3 is 2.44 bits per heavy atom. The standard InChI is InChI=1S/C31H32N4O3S/c1-4-5-14-31(3,21(2)36)26-11-7-10-25(18-26)29(38)33-19-28(37)35-30-34-27(20-39-30)24-9-6-8-23(17-24)22-12-15-32-16-13-22/h6-13,15-18,20H,4-5,14,19H2,1-3H3,(H,33,38)(H,34,35,37). The number of nitrogens with zero attached hydrogens (tertiary/aromatic N) is 2. The number of carbonyl (C=O) groups excluding carboxylic acids is 3. The van der Waals surface area contributed by atoms with E-state index in [1.807, 2.05) is 54.8 Å². The van der Waals surface area contributed by atoms with Crippen LogP contribution < -0.4 is 10.6 Å². The zero-order valence-corrected chi connectivity index (χ0v) is 23.2. The Labute approximate surface area is 232 Å². The largest absolute Gasteiger partial charge is 0.343 e. The van der Waals surface area contributed by atoms with Gasteiger partial charge in [-0.1, -0.05) is 50.1 Å². The van der Waals surface area contributed by atoms with Gasteiger partial charge in [-0.25, -0.2) is 4.98 Å². The third-order valence-corrected chi connectivity index (χ3v) is 7.66. The quantitative estimate of drug-likeness (QED) is 0.233. The fourth-order valence-corrected chi connectivity index (χ4v) is 5.09. The maximum atomic E-state index is 12.8. The highest BCUT2D eigenvalue weighted by molar-refractivity contribution is 7.14. The van der Waals surface area contributed by atoms with Gasteiger partial charge >= 0.3 is 0 Å². The van der Waals surface area contributed by atoms with Crippen LogP contribution in [0.4, 0.5) is 5.13 Å². The number of amides is 2. The number of Topliss-reactive ketones (excluding diaryl/α,β-unsaturated/α-hetero) is 1. The normalized spacial score (nSPS) is 12.4. The van der Waals surface area contributed by atoms with Crippen LogP contribution in [0.3, 0.4) is 0 Å². The summed E-state index contributed by atoms with van der Waals surface area (Å²) in [5.41, 5.74) is 4.37. The van der Waals surface area contributed by atoms with Crippen LogP contribution in [0.15, 0.2) is 78.4 Å². The lowest BCUT2D eigenvalue weighted by molar-refractivity contribution is -0.122. The van der Waals surface area contributed by atoms with E-state index in [2.05, 4.69) is 27.5 Å². The molecule has 2 N–H and O–H groups in total. The highest BCUT2D eigenvalue weighted by Gasteiger charge is 2.31. The predicted molar refractivity (Wildman–Crippen MR) is 156 cm³/mol. The first-order chi connectivity index (χ1) is 18.8. The highest BCUT2D eigenvalue weighted by atomic mass is 32.1. The molecule has 8 heteroatoms. The molecule has 4 aromatic rings. The Morgan fingerprint density at radius 2 is 1.69 bits per heavy atom. The lowest BCUT2D eigenvalue weighted by Gasteiger charge is -2.27. The monoisotopic (exact) mass is 540 g/mol. The smallest absolute Gasteiger partial charge is 0.251 e. The first-order valence-corrected chi connectivity index (χ1v) is 13.8. The summed E-state index contributed by atoms with van der Waals surface area (Å²) in [6.45, 7) is 5.40. The van der Waals surface area contributed by atoms with Crippen LogP contribution in [0.25, 0.3) is 22.4 Å². The maximum absolute atomic E-state index is 12.8. The van der Waals surface area contributed by atoms with E-state index in [4.69, 9.17) is 0 Å². The molecule has 0 saturated heterocycles. The maximum Gasteiger partial charge on any atom is 0.251 e. The molecule has 2 aromatic carbocycles. The molecule has 2 heterocycles. The summed E-state index contributed by atoms with van der Waals surface area (Å²) >= 11 is 1.32. The molecule has 7 nitrogen and oxygen atoms in total. The van der Waals surface area contributed by atoms with Crippen molar-refractivity contribution in [2.45, 2.75) is 45.4 Å². The molecule has 200 valence electrons. The van der Waals surface area contributed by atoms with Crippen molar-refractivity contribution < 1.29 is 14.4 Å². The number of aromatic nitrogens is 2. The van der Waals surface area contributed by atoms with Crippen molar-refractivity contribution in [2.24, 2.45) is 0 Å². The van der Waals surface area contributed by atoms with E-state index in [-0.39, 0.29) is 24.1 Å². The molecular weight excluding hydrogens is 508 g/mol. The van der Waals surface area contributed by atoms with Gasteiger partial charge in [-0.15, -0.1) is 11.3 Å². The Kier molecular flexibility index (Phi) is 8.99. The Morgan fingerprint density at radius 1 is 0.949 bits per heavy atom. The van der Waals surface area contributed by atoms with Crippen LogP contribution in [0.1, 0.15) is 56.0 Å². The summed E-state index contributed by atoms with van der Waals surface area (Å²) in [4.78, 5) is 46.4. The summed E-state index contributed by atoms with van der Waals surface area (Å²) in [7, 11) is 0. The van der Waals surface area contributed by atoms with E-state index in [0.29, 0.717) is 10.7 Å². The van der Waals surface area contributed by atoms with Crippen LogP contribution in [-0.4, -0.2) is 34.1 Å². The number of rotatable bonds is 11. The Hall–Kier alpha value is -4.17. The number of pyridine rings is 1. The van der Waals surface area contributed by atoms with Crippen LogP contribution in [0.5, 0.6) is 0 Å². The van der Waals surface area contributed by atoms with Crippen molar-refractivity contribution in [2.75, 3.05) is 11.9 Å². The van der Waals surface area contributed by atoms with Crippen molar-refractivity contribution in [1.29, 1.82) is 0 Å². The van der Waals surface area contributed by atoms with Gasteiger partial charge in [0.15, 0.2) is 5.13 Å². The van der Waals surface area contributed by atoms with Crippen molar-refractivity contribution in [1.82, 2.24) is 15.3 Å². The lowest BCUT2D eigenvalue weighted by Crippen LogP contribution is -2.34.